The molecule has 0 amide bonds. The number of nitrogens with zero attached hydrogens (tertiary/aromatic N) is 4. The van der Waals surface area contributed by atoms with E-state index in [0.717, 1.165) is 24.4 Å². The first-order valence-electron chi connectivity index (χ1n) is 8.53. The Morgan fingerprint density at radius 3 is 2.34 bits per heavy atom. The van der Waals surface area contributed by atoms with E-state index in [2.05, 4.69) is 4.98 Å². The van der Waals surface area contributed by atoms with Crippen molar-refractivity contribution in [2.24, 2.45) is 0 Å². The highest BCUT2D eigenvalue weighted by Crippen LogP contribution is 2.31. The van der Waals surface area contributed by atoms with Gasteiger partial charge in [0.1, 0.15) is 5.82 Å². The summed E-state index contributed by atoms with van der Waals surface area (Å²) in [6, 6.07) is 5.41. The van der Waals surface area contributed by atoms with E-state index in [1.54, 1.807) is 11.8 Å². The number of benzene rings is 1. The molecule has 29 heavy (non-hydrogen) atoms. The number of halogens is 3. The molecule has 0 saturated carbocycles. The highest BCUT2D eigenvalue weighted by Gasteiger charge is 2.33. The van der Waals surface area contributed by atoms with E-state index in [-0.39, 0.29) is 42.6 Å². The number of aryl methyl sites for hydroxylation is 1. The summed E-state index contributed by atoms with van der Waals surface area (Å²) >= 11 is 0. The maximum atomic E-state index is 12.9. The molecule has 2 heterocycles. The van der Waals surface area contributed by atoms with Gasteiger partial charge in [0, 0.05) is 44.5 Å². The first-order valence-corrected chi connectivity index (χ1v) is 9.97. The number of rotatable bonds is 4. The number of anilines is 1. The van der Waals surface area contributed by atoms with Crippen LogP contribution in [-0.4, -0.2) is 48.8 Å². The zero-order valence-electron chi connectivity index (χ0n) is 15.3. The van der Waals surface area contributed by atoms with E-state index in [9.17, 15) is 31.7 Å². The number of hydrogen-bond acceptors (Lipinski definition) is 6. The Bertz CT molecular complexity index is 1040. The van der Waals surface area contributed by atoms with Crippen molar-refractivity contribution in [3.63, 3.8) is 0 Å². The minimum absolute atomic E-state index is 0.0163. The van der Waals surface area contributed by atoms with Gasteiger partial charge in [0.2, 0.25) is 10.0 Å². The number of non-ortho nitro benzene ring substituents is 1. The number of piperazine rings is 1. The molecule has 8 nitrogen and oxygen atoms in total. The maximum absolute atomic E-state index is 12.9. The van der Waals surface area contributed by atoms with Crippen LogP contribution in [0.3, 0.4) is 0 Å². The van der Waals surface area contributed by atoms with Crippen molar-refractivity contribution in [2.75, 3.05) is 31.1 Å². The van der Waals surface area contributed by atoms with Crippen molar-refractivity contribution in [2.45, 2.75) is 18.0 Å². The van der Waals surface area contributed by atoms with Crippen LogP contribution >= 0.6 is 0 Å². The van der Waals surface area contributed by atoms with Gasteiger partial charge in [0.05, 0.1) is 15.4 Å². The molecule has 0 aliphatic carbocycles. The van der Waals surface area contributed by atoms with Crippen LogP contribution in [0.1, 0.15) is 11.1 Å². The van der Waals surface area contributed by atoms with Gasteiger partial charge in [-0.3, -0.25) is 10.1 Å². The van der Waals surface area contributed by atoms with Gasteiger partial charge in [-0.25, -0.2) is 13.4 Å². The van der Waals surface area contributed by atoms with E-state index >= 15 is 0 Å². The Hall–Kier alpha value is -2.73. The number of alkyl halides is 3. The van der Waals surface area contributed by atoms with Gasteiger partial charge in [-0.05, 0) is 24.6 Å². The second-order valence-corrected chi connectivity index (χ2v) is 8.40. The van der Waals surface area contributed by atoms with Crippen LogP contribution in [0.4, 0.5) is 24.7 Å². The summed E-state index contributed by atoms with van der Waals surface area (Å²) in [5, 5.41) is 11.0. The fourth-order valence-electron chi connectivity index (χ4n) is 3.04. The van der Waals surface area contributed by atoms with E-state index in [1.807, 2.05) is 0 Å². The summed E-state index contributed by atoms with van der Waals surface area (Å²) in [6.45, 7) is 1.85. The summed E-state index contributed by atoms with van der Waals surface area (Å²) in [7, 11) is -3.98. The molecule has 156 valence electrons. The lowest BCUT2D eigenvalue weighted by molar-refractivity contribution is -0.385. The Balaban J connectivity index is 1.79. The third kappa shape index (κ3) is 4.32. The smallest absolute Gasteiger partial charge is 0.354 e. The van der Waals surface area contributed by atoms with Gasteiger partial charge in [-0.15, -0.1) is 0 Å². The molecule has 1 aromatic heterocycles. The lowest BCUT2D eigenvalue weighted by atomic mass is 10.2. The number of pyridine rings is 1. The lowest BCUT2D eigenvalue weighted by Gasteiger charge is -2.35. The summed E-state index contributed by atoms with van der Waals surface area (Å²) in [4.78, 5) is 15.7. The molecule has 12 heteroatoms. The Labute approximate surface area is 164 Å². The standard InChI is InChI=1S/C17H17F3N4O4S/c1-12-2-3-14(24(25)26)11-15(12)29(27,28)23-8-6-22(7-9-23)16-10-13(4-5-21-16)17(18,19)20/h2-5,10-11H,6-9H2,1H3. The highest BCUT2D eigenvalue weighted by molar-refractivity contribution is 7.89. The molecular weight excluding hydrogens is 413 g/mol. The van der Waals surface area contributed by atoms with Gasteiger partial charge >= 0.3 is 6.18 Å². The third-order valence-electron chi connectivity index (χ3n) is 4.64. The molecular formula is C17H17F3N4O4S. The minimum atomic E-state index is -4.50. The number of nitro groups is 1. The Morgan fingerprint density at radius 1 is 1.10 bits per heavy atom. The van der Waals surface area contributed by atoms with Crippen LogP contribution in [0.5, 0.6) is 0 Å². The predicted octanol–water partition coefficient (Wildman–Crippen LogP) is 2.83. The average Bonchev–Trinajstić information content (AvgIpc) is 2.67. The predicted molar refractivity (Wildman–Crippen MR) is 98.0 cm³/mol. The zero-order valence-corrected chi connectivity index (χ0v) is 16.1. The zero-order chi connectivity index (χ0) is 21.4. The monoisotopic (exact) mass is 430 g/mol. The van der Waals surface area contributed by atoms with Crippen LogP contribution in [-0.2, 0) is 16.2 Å². The SMILES string of the molecule is Cc1ccc([N+](=O)[O-])cc1S(=O)(=O)N1CCN(c2cc(C(F)(F)F)ccn2)CC1. The second-order valence-electron chi connectivity index (χ2n) is 6.50. The number of sulfonamides is 1. The Morgan fingerprint density at radius 2 is 1.76 bits per heavy atom. The molecule has 1 aromatic carbocycles. The second kappa shape index (κ2) is 7.59. The molecule has 0 unspecified atom stereocenters. The quantitative estimate of drug-likeness (QED) is 0.547. The molecule has 1 fully saturated rings. The number of aromatic nitrogens is 1. The van der Waals surface area contributed by atoms with Crippen LogP contribution < -0.4 is 4.90 Å². The first-order chi connectivity index (χ1) is 13.5. The van der Waals surface area contributed by atoms with E-state index in [0.29, 0.717) is 5.56 Å². The fourth-order valence-corrected chi connectivity index (χ4v) is 4.71. The molecule has 0 N–H and O–H groups in total. The summed E-state index contributed by atoms with van der Waals surface area (Å²) < 4.78 is 65.7. The topological polar surface area (TPSA) is 96.6 Å². The van der Waals surface area contributed by atoms with Crippen LogP contribution in [0.15, 0.2) is 41.4 Å². The normalized spacial score (nSPS) is 16.1. The average molecular weight is 430 g/mol. The van der Waals surface area contributed by atoms with Gasteiger partial charge < -0.3 is 4.90 Å². The van der Waals surface area contributed by atoms with Crippen molar-refractivity contribution in [1.82, 2.24) is 9.29 Å². The first kappa shape index (κ1) is 21.0. The molecule has 0 radical (unpaired) electrons. The highest BCUT2D eigenvalue weighted by atomic mass is 32.2. The largest absolute Gasteiger partial charge is 0.416 e. The van der Waals surface area contributed by atoms with Crippen LogP contribution in [0, 0.1) is 17.0 Å². The summed E-state index contributed by atoms with van der Waals surface area (Å²) in [5.74, 6) is 0.114. The van der Waals surface area contributed by atoms with Crippen molar-refractivity contribution in [3.8, 4) is 0 Å². The fraction of sp³-hybridized carbons (Fsp3) is 0.353. The molecule has 0 atom stereocenters. The van der Waals surface area contributed by atoms with Crippen molar-refractivity contribution in [3.05, 3.63) is 57.8 Å². The third-order valence-corrected chi connectivity index (χ3v) is 6.68. The van der Waals surface area contributed by atoms with Crippen molar-refractivity contribution in [1.29, 1.82) is 0 Å². The van der Waals surface area contributed by atoms with Gasteiger partial charge in [-0.1, -0.05) is 6.07 Å². The molecule has 0 spiro atoms. The molecule has 1 aliphatic rings. The van der Waals surface area contributed by atoms with E-state index in [4.69, 9.17) is 0 Å². The van der Waals surface area contributed by atoms with E-state index in [1.165, 1.54) is 16.4 Å². The minimum Gasteiger partial charge on any atom is -0.354 e. The van der Waals surface area contributed by atoms with Crippen LogP contribution in [0.2, 0.25) is 0 Å². The van der Waals surface area contributed by atoms with Gasteiger partial charge in [0.15, 0.2) is 0 Å². The maximum Gasteiger partial charge on any atom is 0.416 e. The number of hydrogen-bond donors (Lipinski definition) is 0. The molecule has 2 aromatic rings. The lowest BCUT2D eigenvalue weighted by Crippen LogP contribution is -2.49. The molecule has 1 saturated heterocycles. The molecule has 0 bridgehead atoms. The van der Waals surface area contributed by atoms with E-state index < -0.39 is 26.7 Å². The van der Waals surface area contributed by atoms with Gasteiger partial charge in [0.25, 0.3) is 5.69 Å². The Kier molecular flexibility index (Phi) is 5.50. The summed E-state index contributed by atoms with van der Waals surface area (Å²) in [5.41, 5.74) is -0.789. The van der Waals surface area contributed by atoms with Crippen LogP contribution in [0.25, 0.3) is 0 Å². The number of nitro benzene ring substituents is 1. The molecule has 3 rings (SSSR count). The molecule has 1 aliphatic heterocycles. The summed E-state index contributed by atoms with van der Waals surface area (Å²) in [6.07, 6.45) is -3.43. The van der Waals surface area contributed by atoms with Crippen molar-refractivity contribution >= 4 is 21.5 Å². The van der Waals surface area contributed by atoms with Gasteiger partial charge in [-0.2, -0.15) is 17.5 Å². The van der Waals surface area contributed by atoms with Crippen molar-refractivity contribution < 1.29 is 26.5 Å².